The zero-order chi connectivity index (χ0) is 32.0. The number of alkyl halides is 6. The van der Waals surface area contributed by atoms with E-state index in [1.54, 1.807) is 20.0 Å². The van der Waals surface area contributed by atoms with Crippen LogP contribution in [0.25, 0.3) is 11.3 Å². The number of benzene rings is 1. The first-order chi connectivity index (χ1) is 20.7. The van der Waals surface area contributed by atoms with Crippen LogP contribution in [0.4, 0.5) is 37.0 Å². The molecule has 1 aromatic carbocycles. The van der Waals surface area contributed by atoms with E-state index in [0.29, 0.717) is 52.3 Å². The van der Waals surface area contributed by atoms with E-state index in [1.165, 1.54) is 11.8 Å². The molecule has 5 rings (SSSR count). The Morgan fingerprint density at radius 3 is 2.27 bits per heavy atom. The first kappa shape index (κ1) is 31.6. The summed E-state index contributed by atoms with van der Waals surface area (Å²) in [5, 5.41) is 7.48. The molecule has 8 nitrogen and oxygen atoms in total. The third-order valence-electron chi connectivity index (χ3n) is 8.54. The molecule has 3 heterocycles. The lowest BCUT2D eigenvalue weighted by atomic mass is 9.83. The Balaban J connectivity index is 1.50. The van der Waals surface area contributed by atoms with Crippen LogP contribution >= 0.6 is 0 Å². The Bertz CT molecular complexity index is 1470. The van der Waals surface area contributed by atoms with Crippen LogP contribution in [0.1, 0.15) is 85.9 Å². The third-order valence-corrected chi connectivity index (χ3v) is 8.54. The van der Waals surface area contributed by atoms with Gasteiger partial charge in [-0.3, -0.25) is 4.90 Å². The maximum Gasteiger partial charge on any atom is 0.416 e. The second kappa shape index (κ2) is 11.9. The van der Waals surface area contributed by atoms with Crippen LogP contribution in [-0.4, -0.2) is 38.2 Å². The molecule has 1 saturated carbocycles. The number of cyclic esters (lactones) is 1. The van der Waals surface area contributed by atoms with E-state index in [1.807, 2.05) is 0 Å². The molecule has 3 aromatic rings. The van der Waals surface area contributed by atoms with Crippen LogP contribution in [-0.2, 0) is 23.6 Å². The number of nitrogens with zero attached hydrogens (tertiary/aromatic N) is 4. The molecule has 1 aliphatic heterocycles. The van der Waals surface area contributed by atoms with Crippen LogP contribution in [0, 0.1) is 19.8 Å². The Hall–Kier alpha value is -3.84. The molecule has 1 N–H and O–H groups in total. The number of anilines is 1. The number of ether oxygens (including phenoxy) is 1. The van der Waals surface area contributed by atoms with Gasteiger partial charge in [-0.05, 0) is 63.3 Å². The van der Waals surface area contributed by atoms with Gasteiger partial charge in [-0.2, -0.15) is 26.3 Å². The van der Waals surface area contributed by atoms with Gasteiger partial charge in [0.05, 0.1) is 46.9 Å². The Morgan fingerprint density at radius 1 is 1.02 bits per heavy atom. The van der Waals surface area contributed by atoms with Gasteiger partial charge in [0.2, 0.25) is 0 Å². The van der Waals surface area contributed by atoms with Crippen LogP contribution in [0.5, 0.6) is 0 Å². The average Bonchev–Trinajstić information content (AvgIpc) is 3.45. The molecule has 1 aliphatic carbocycles. The van der Waals surface area contributed by atoms with Crippen LogP contribution in [0.15, 0.2) is 28.9 Å². The number of carbonyl (C=O) groups excluding carboxylic acids is 1. The lowest BCUT2D eigenvalue weighted by Crippen LogP contribution is -2.35. The number of rotatable bonds is 7. The van der Waals surface area contributed by atoms with E-state index >= 15 is 0 Å². The van der Waals surface area contributed by atoms with Crippen molar-refractivity contribution in [3.8, 4) is 11.3 Å². The zero-order valence-electron chi connectivity index (χ0n) is 24.6. The van der Waals surface area contributed by atoms with Crippen LogP contribution in [0.3, 0.4) is 0 Å². The van der Waals surface area contributed by atoms with Crippen LogP contribution < -0.4 is 5.32 Å². The van der Waals surface area contributed by atoms with E-state index in [-0.39, 0.29) is 18.7 Å². The summed E-state index contributed by atoms with van der Waals surface area (Å²) in [5.41, 5.74) is -1.33. The average molecular weight is 626 g/mol. The quantitative estimate of drug-likeness (QED) is 0.264. The molecule has 0 spiro atoms. The number of aromatic nitrogens is 3. The van der Waals surface area contributed by atoms with Crippen molar-refractivity contribution in [3.05, 3.63) is 58.2 Å². The number of nitrogens with one attached hydrogen (secondary N) is 1. The minimum absolute atomic E-state index is 0.0469. The summed E-state index contributed by atoms with van der Waals surface area (Å²) in [4.78, 5) is 23.8. The van der Waals surface area contributed by atoms with Crippen molar-refractivity contribution in [1.82, 2.24) is 20.0 Å². The van der Waals surface area contributed by atoms with Crippen molar-refractivity contribution in [2.75, 3.05) is 5.32 Å². The second-order valence-corrected chi connectivity index (χ2v) is 11.5. The normalized spacial score (nSPS) is 22.8. The Morgan fingerprint density at radius 2 is 1.68 bits per heavy atom. The molecule has 0 radical (unpaired) electrons. The molecule has 1 amide bonds. The number of halogens is 6. The van der Waals surface area contributed by atoms with Gasteiger partial charge in [-0.15, -0.1) is 0 Å². The van der Waals surface area contributed by atoms with Crippen molar-refractivity contribution in [2.24, 2.45) is 5.92 Å². The molecule has 14 heteroatoms. The van der Waals surface area contributed by atoms with E-state index in [4.69, 9.17) is 14.2 Å². The lowest BCUT2D eigenvalue weighted by molar-refractivity contribution is -0.143. The van der Waals surface area contributed by atoms with E-state index < -0.39 is 47.3 Å². The highest BCUT2D eigenvalue weighted by Gasteiger charge is 2.44. The highest BCUT2D eigenvalue weighted by atomic mass is 19.4. The number of hydrogen-bond donors (Lipinski definition) is 1. The monoisotopic (exact) mass is 625 g/mol. The molecule has 2 unspecified atom stereocenters. The van der Waals surface area contributed by atoms with Crippen molar-refractivity contribution in [3.63, 3.8) is 0 Å². The molecular formula is C30H33F6N5O3. The predicted molar refractivity (Wildman–Crippen MR) is 147 cm³/mol. The molecule has 0 bridgehead atoms. The number of carbonyl (C=O) groups is 1. The molecule has 4 atom stereocenters. The second-order valence-electron chi connectivity index (χ2n) is 11.5. The summed E-state index contributed by atoms with van der Waals surface area (Å²) in [6.07, 6.45) is -5.65. The lowest BCUT2D eigenvalue weighted by Gasteiger charge is -2.32. The topological polar surface area (TPSA) is 93.4 Å². The third kappa shape index (κ3) is 6.34. The minimum atomic E-state index is -5.04. The summed E-state index contributed by atoms with van der Waals surface area (Å²) in [7, 11) is 0. The van der Waals surface area contributed by atoms with Gasteiger partial charge in [0, 0.05) is 6.04 Å². The number of amides is 1. The van der Waals surface area contributed by atoms with Gasteiger partial charge in [-0.25, -0.2) is 14.8 Å². The number of aryl methyl sites for hydroxylation is 2. The fourth-order valence-corrected chi connectivity index (χ4v) is 6.15. The highest BCUT2D eigenvalue weighted by Crippen LogP contribution is 2.41. The molecular weight excluding hydrogens is 592 g/mol. The maximum atomic E-state index is 13.5. The Labute approximate surface area is 250 Å². The van der Waals surface area contributed by atoms with Crippen molar-refractivity contribution < 1.29 is 40.4 Å². The molecule has 2 aromatic heterocycles. The summed E-state index contributed by atoms with van der Waals surface area (Å²) >= 11 is 0. The number of hydrogen-bond acceptors (Lipinski definition) is 7. The van der Waals surface area contributed by atoms with Crippen LogP contribution in [0.2, 0.25) is 0 Å². The first-order valence-corrected chi connectivity index (χ1v) is 14.5. The summed E-state index contributed by atoms with van der Waals surface area (Å²) in [6, 6.07) is 0.416. The fourth-order valence-electron chi connectivity index (χ4n) is 6.15. The summed E-state index contributed by atoms with van der Waals surface area (Å²) < 4.78 is 92.0. The molecule has 1 saturated heterocycles. The van der Waals surface area contributed by atoms with E-state index in [9.17, 15) is 31.1 Å². The van der Waals surface area contributed by atoms with Crippen molar-refractivity contribution in [1.29, 1.82) is 0 Å². The van der Waals surface area contributed by atoms with Gasteiger partial charge in [0.1, 0.15) is 23.4 Å². The van der Waals surface area contributed by atoms with Crippen molar-refractivity contribution in [2.45, 2.75) is 96.9 Å². The van der Waals surface area contributed by atoms with Gasteiger partial charge in [0.25, 0.3) is 0 Å². The SMILES string of the molecule is CCC1CCCCC1Nc1ncc(-c2c(C)noc2C)nc1CN1C(=O)O[C@H](c2cc(C(F)(F)F)cc(C(F)(F)F)c2)[C@@H]1C. The molecule has 2 aliphatic rings. The van der Waals surface area contributed by atoms with E-state index in [2.05, 4.69) is 22.4 Å². The first-order valence-electron chi connectivity index (χ1n) is 14.5. The zero-order valence-corrected chi connectivity index (χ0v) is 24.6. The molecule has 238 valence electrons. The van der Waals surface area contributed by atoms with E-state index in [0.717, 1.165) is 32.1 Å². The highest BCUT2D eigenvalue weighted by molar-refractivity contribution is 5.72. The van der Waals surface area contributed by atoms with Gasteiger partial charge in [0.15, 0.2) is 0 Å². The predicted octanol–water partition coefficient (Wildman–Crippen LogP) is 8.25. The molecule has 44 heavy (non-hydrogen) atoms. The standard InChI is InChI=1S/C30H33F6N5O3/c1-5-18-8-6-7-9-22(18)39-27-24(38-23(13-37-27)25-15(2)40-44-17(25)4)14-41-16(3)26(43-28(41)42)19-10-20(29(31,32)33)12-21(11-19)30(34,35)36/h10-13,16,18,22,26H,5-9,14H2,1-4H3,(H,37,39)/t16-,18?,22?,26-/m0/s1. The van der Waals surface area contributed by atoms with Gasteiger partial charge >= 0.3 is 18.4 Å². The van der Waals surface area contributed by atoms with Gasteiger partial charge in [-0.1, -0.05) is 31.3 Å². The largest absolute Gasteiger partial charge is 0.439 e. The smallest absolute Gasteiger partial charge is 0.416 e. The maximum absolute atomic E-state index is 13.5. The minimum Gasteiger partial charge on any atom is -0.439 e. The summed E-state index contributed by atoms with van der Waals surface area (Å²) in [6.45, 7) is 6.96. The van der Waals surface area contributed by atoms with Crippen molar-refractivity contribution >= 4 is 11.9 Å². The summed E-state index contributed by atoms with van der Waals surface area (Å²) in [5.74, 6) is 1.36. The Kier molecular flexibility index (Phi) is 8.56. The fraction of sp³-hybridized carbons (Fsp3) is 0.533. The molecule has 2 fully saturated rings. The van der Waals surface area contributed by atoms with Gasteiger partial charge < -0.3 is 14.6 Å².